The number of carbonyl (C=O) groups is 1. The Bertz CT molecular complexity index is 408. The van der Waals surface area contributed by atoms with E-state index in [0.29, 0.717) is 19.5 Å². The van der Waals surface area contributed by atoms with E-state index in [9.17, 15) is 13.6 Å². The second-order valence-electron chi connectivity index (χ2n) is 3.70. The highest BCUT2D eigenvalue weighted by molar-refractivity contribution is 5.73. The van der Waals surface area contributed by atoms with Gasteiger partial charge in [-0.05, 0) is 24.1 Å². The molecule has 1 rings (SSSR count). The van der Waals surface area contributed by atoms with E-state index in [1.165, 1.54) is 12.1 Å². The molecule has 0 aliphatic heterocycles. The first kappa shape index (κ1) is 14.9. The Hall–Kier alpha value is -2.11. The van der Waals surface area contributed by atoms with Gasteiger partial charge in [0.15, 0.2) is 0 Å². The lowest BCUT2D eigenvalue weighted by atomic mass is 10.1. The molecule has 0 saturated heterocycles. The number of halogens is 2. The molecule has 1 aromatic carbocycles. The number of carbonyl (C=O) groups excluding carboxylic acids is 1. The van der Waals surface area contributed by atoms with E-state index in [1.54, 1.807) is 18.2 Å². The van der Waals surface area contributed by atoms with Crippen LogP contribution in [0.3, 0.4) is 0 Å². The van der Waals surface area contributed by atoms with Crippen LogP contribution in [0.25, 0.3) is 0 Å². The first-order chi connectivity index (χ1) is 9.11. The van der Waals surface area contributed by atoms with E-state index in [-0.39, 0.29) is 11.8 Å². The molecule has 0 heterocycles. The first-order valence-corrected chi connectivity index (χ1v) is 5.78. The maximum atomic E-state index is 11.9. The highest BCUT2D eigenvalue weighted by atomic mass is 19.3. The zero-order chi connectivity index (χ0) is 14.1. The SMILES string of the molecule is C=CCNC(=O)NCCc1ccc(OC(F)F)cc1. The normalized spacial score (nSPS) is 10.1. The van der Waals surface area contributed by atoms with Crippen molar-refractivity contribution in [2.45, 2.75) is 13.0 Å². The minimum Gasteiger partial charge on any atom is -0.435 e. The molecule has 0 unspecified atom stereocenters. The van der Waals surface area contributed by atoms with Crippen molar-refractivity contribution in [2.75, 3.05) is 13.1 Å². The lowest BCUT2D eigenvalue weighted by Gasteiger charge is -2.07. The fourth-order valence-electron chi connectivity index (χ4n) is 1.39. The standard InChI is InChI=1S/C13H16F2N2O2/c1-2-8-16-13(18)17-9-7-10-3-5-11(6-4-10)19-12(14)15/h2-6,12H,1,7-9H2,(H2,16,17,18). The summed E-state index contributed by atoms with van der Waals surface area (Å²) in [5, 5.41) is 5.24. The summed E-state index contributed by atoms with van der Waals surface area (Å²) in [7, 11) is 0. The Morgan fingerprint density at radius 2 is 2.00 bits per heavy atom. The van der Waals surface area contributed by atoms with Gasteiger partial charge in [-0.2, -0.15) is 8.78 Å². The van der Waals surface area contributed by atoms with Crippen molar-refractivity contribution in [3.8, 4) is 5.75 Å². The lowest BCUT2D eigenvalue weighted by molar-refractivity contribution is -0.0498. The Morgan fingerprint density at radius 3 is 2.58 bits per heavy atom. The quantitative estimate of drug-likeness (QED) is 0.747. The Kier molecular flexibility index (Phi) is 6.35. The third-order valence-corrected chi connectivity index (χ3v) is 2.25. The second kappa shape index (κ2) is 8.07. The number of hydrogen-bond acceptors (Lipinski definition) is 2. The van der Waals surface area contributed by atoms with E-state index in [1.807, 2.05) is 0 Å². The molecule has 0 atom stereocenters. The van der Waals surface area contributed by atoms with Crippen LogP contribution in [-0.4, -0.2) is 25.7 Å². The number of amides is 2. The van der Waals surface area contributed by atoms with Gasteiger partial charge in [-0.3, -0.25) is 0 Å². The highest BCUT2D eigenvalue weighted by Crippen LogP contribution is 2.14. The van der Waals surface area contributed by atoms with Gasteiger partial charge in [0, 0.05) is 13.1 Å². The van der Waals surface area contributed by atoms with Gasteiger partial charge in [-0.25, -0.2) is 4.79 Å². The summed E-state index contributed by atoms with van der Waals surface area (Å²) in [6.07, 6.45) is 2.19. The van der Waals surface area contributed by atoms with Gasteiger partial charge in [-0.15, -0.1) is 6.58 Å². The van der Waals surface area contributed by atoms with Gasteiger partial charge >= 0.3 is 12.6 Å². The zero-order valence-corrected chi connectivity index (χ0v) is 10.4. The van der Waals surface area contributed by atoms with Gasteiger partial charge in [0.2, 0.25) is 0 Å². The van der Waals surface area contributed by atoms with E-state index in [4.69, 9.17) is 0 Å². The summed E-state index contributed by atoms with van der Waals surface area (Å²) in [6, 6.07) is 6.04. The third kappa shape index (κ3) is 6.40. The van der Waals surface area contributed by atoms with Crippen LogP contribution < -0.4 is 15.4 Å². The Labute approximate surface area is 110 Å². The average molecular weight is 270 g/mol. The maximum absolute atomic E-state index is 11.9. The molecule has 1 aromatic rings. The molecule has 104 valence electrons. The van der Waals surface area contributed by atoms with Gasteiger partial charge in [0.25, 0.3) is 0 Å². The molecule has 19 heavy (non-hydrogen) atoms. The van der Waals surface area contributed by atoms with Crippen molar-refractivity contribution >= 4 is 6.03 Å². The number of nitrogens with one attached hydrogen (secondary N) is 2. The van der Waals surface area contributed by atoms with Gasteiger partial charge in [0.1, 0.15) is 5.75 Å². The fraction of sp³-hybridized carbons (Fsp3) is 0.308. The predicted molar refractivity (Wildman–Crippen MR) is 68.4 cm³/mol. The van der Waals surface area contributed by atoms with Crippen molar-refractivity contribution in [1.82, 2.24) is 10.6 Å². The van der Waals surface area contributed by atoms with Crippen LogP contribution in [0.2, 0.25) is 0 Å². The fourth-order valence-corrected chi connectivity index (χ4v) is 1.39. The number of benzene rings is 1. The molecule has 0 aliphatic carbocycles. The topological polar surface area (TPSA) is 50.4 Å². The van der Waals surface area contributed by atoms with Crippen LogP contribution in [0.4, 0.5) is 13.6 Å². The van der Waals surface area contributed by atoms with Crippen LogP contribution in [-0.2, 0) is 6.42 Å². The highest BCUT2D eigenvalue weighted by Gasteiger charge is 2.03. The first-order valence-electron chi connectivity index (χ1n) is 5.78. The number of alkyl halides is 2. The molecule has 2 N–H and O–H groups in total. The molecule has 0 aromatic heterocycles. The van der Waals surface area contributed by atoms with Crippen molar-refractivity contribution < 1.29 is 18.3 Å². The predicted octanol–water partition coefficient (Wildman–Crippen LogP) is 2.32. The summed E-state index contributed by atoms with van der Waals surface area (Å²) in [4.78, 5) is 11.2. The zero-order valence-electron chi connectivity index (χ0n) is 10.4. The Morgan fingerprint density at radius 1 is 1.32 bits per heavy atom. The molecule has 0 aliphatic rings. The van der Waals surface area contributed by atoms with Crippen molar-refractivity contribution in [3.63, 3.8) is 0 Å². The molecular weight excluding hydrogens is 254 g/mol. The van der Waals surface area contributed by atoms with Crippen LogP contribution >= 0.6 is 0 Å². The second-order valence-corrected chi connectivity index (χ2v) is 3.70. The smallest absolute Gasteiger partial charge is 0.387 e. The lowest BCUT2D eigenvalue weighted by Crippen LogP contribution is -2.36. The van der Waals surface area contributed by atoms with Crippen LogP contribution in [0, 0.1) is 0 Å². The molecule has 6 heteroatoms. The molecule has 2 amide bonds. The maximum Gasteiger partial charge on any atom is 0.387 e. The summed E-state index contributed by atoms with van der Waals surface area (Å²) < 4.78 is 28.1. The van der Waals surface area contributed by atoms with Gasteiger partial charge < -0.3 is 15.4 Å². The largest absolute Gasteiger partial charge is 0.435 e. The van der Waals surface area contributed by atoms with Crippen LogP contribution in [0.15, 0.2) is 36.9 Å². The molecule has 0 spiro atoms. The van der Waals surface area contributed by atoms with E-state index in [2.05, 4.69) is 21.9 Å². The third-order valence-electron chi connectivity index (χ3n) is 2.25. The van der Waals surface area contributed by atoms with Crippen LogP contribution in [0.5, 0.6) is 5.75 Å². The summed E-state index contributed by atoms with van der Waals surface area (Å²) >= 11 is 0. The number of hydrogen-bond donors (Lipinski definition) is 2. The van der Waals surface area contributed by atoms with E-state index < -0.39 is 6.61 Å². The minimum atomic E-state index is -2.82. The monoisotopic (exact) mass is 270 g/mol. The molecule has 0 radical (unpaired) electrons. The Balaban J connectivity index is 2.29. The van der Waals surface area contributed by atoms with Crippen molar-refractivity contribution in [3.05, 3.63) is 42.5 Å². The molecule has 0 fully saturated rings. The summed E-state index contributed by atoms with van der Waals surface area (Å²) in [5.41, 5.74) is 0.922. The number of urea groups is 1. The van der Waals surface area contributed by atoms with E-state index >= 15 is 0 Å². The average Bonchev–Trinajstić information content (AvgIpc) is 2.38. The summed E-state index contributed by atoms with van der Waals surface area (Å²) in [5.74, 6) is 0.121. The number of ether oxygens (including phenoxy) is 1. The molecule has 0 saturated carbocycles. The van der Waals surface area contributed by atoms with E-state index in [0.717, 1.165) is 5.56 Å². The van der Waals surface area contributed by atoms with Crippen LogP contribution in [0.1, 0.15) is 5.56 Å². The summed E-state index contributed by atoms with van der Waals surface area (Å²) in [6.45, 7) is 1.53. The molecular formula is C13H16F2N2O2. The van der Waals surface area contributed by atoms with Crippen molar-refractivity contribution in [1.29, 1.82) is 0 Å². The minimum absolute atomic E-state index is 0.121. The van der Waals surface area contributed by atoms with Gasteiger partial charge in [0.05, 0.1) is 0 Å². The molecule has 0 bridgehead atoms. The molecule has 4 nitrogen and oxygen atoms in total. The number of rotatable bonds is 7. The van der Waals surface area contributed by atoms with Gasteiger partial charge in [-0.1, -0.05) is 18.2 Å². The van der Waals surface area contributed by atoms with Crippen molar-refractivity contribution in [2.24, 2.45) is 0 Å².